The fourth-order valence-corrected chi connectivity index (χ4v) is 6.01. The maximum absolute atomic E-state index is 14.1. The van der Waals surface area contributed by atoms with E-state index in [4.69, 9.17) is 16.3 Å². The van der Waals surface area contributed by atoms with Gasteiger partial charge in [-0.2, -0.15) is 0 Å². The molecule has 0 heterocycles. The van der Waals surface area contributed by atoms with E-state index in [9.17, 15) is 18.0 Å². The maximum atomic E-state index is 14.1. The molecule has 2 unspecified atom stereocenters. The monoisotopic (exact) mass is 613 g/mol. The van der Waals surface area contributed by atoms with Crippen LogP contribution < -0.4 is 14.4 Å². The number of rotatable bonds is 15. The second-order valence-electron chi connectivity index (χ2n) is 9.96. The number of carbonyl (C=O) groups is 2. The topological polar surface area (TPSA) is 96.0 Å². The van der Waals surface area contributed by atoms with Gasteiger partial charge >= 0.3 is 0 Å². The van der Waals surface area contributed by atoms with Gasteiger partial charge in [-0.3, -0.25) is 13.9 Å². The second-order valence-corrected chi connectivity index (χ2v) is 12.3. The number of hydrogen-bond acceptors (Lipinski definition) is 5. The zero-order chi connectivity index (χ0) is 30.7. The molecule has 0 aliphatic rings. The van der Waals surface area contributed by atoms with Crippen LogP contribution in [0.1, 0.15) is 46.1 Å². The highest BCUT2D eigenvalue weighted by atomic mass is 35.5. The van der Waals surface area contributed by atoms with Gasteiger partial charge in [0.15, 0.2) is 0 Å². The molecule has 2 amide bonds. The molecule has 0 fully saturated rings. The molecule has 0 saturated carbocycles. The smallest absolute Gasteiger partial charge is 0.264 e. The van der Waals surface area contributed by atoms with E-state index in [0.29, 0.717) is 35.9 Å². The van der Waals surface area contributed by atoms with E-state index < -0.39 is 28.5 Å². The first-order valence-electron chi connectivity index (χ1n) is 14.3. The zero-order valence-electron chi connectivity index (χ0n) is 24.6. The van der Waals surface area contributed by atoms with Crippen molar-refractivity contribution in [1.29, 1.82) is 0 Å². The summed E-state index contributed by atoms with van der Waals surface area (Å²) in [5, 5.41) is 3.38. The number of sulfonamides is 1. The van der Waals surface area contributed by atoms with Gasteiger partial charge in [-0.1, -0.05) is 55.8 Å². The standard InChI is InChI=1S/C32H40ClN3O5S/c1-5-24(4)34-32(38)30(6-2)35(22-21-25-11-9-8-10-12-25)31(37)23-36(27-15-17-28(18-16-27)41-7-3)42(39,40)29-19-13-26(33)14-20-29/h8-20,24,30H,5-7,21-23H2,1-4H3,(H,34,38). The van der Waals surface area contributed by atoms with Gasteiger partial charge in [0, 0.05) is 17.6 Å². The Hall–Kier alpha value is -3.56. The Kier molecular flexibility index (Phi) is 12.2. The lowest BCUT2D eigenvalue weighted by atomic mass is 10.1. The Balaban J connectivity index is 2.01. The van der Waals surface area contributed by atoms with Crippen LogP contribution in [0.3, 0.4) is 0 Å². The van der Waals surface area contributed by atoms with Crippen molar-refractivity contribution in [3.05, 3.63) is 89.4 Å². The molecule has 8 nitrogen and oxygen atoms in total. The lowest BCUT2D eigenvalue weighted by Gasteiger charge is -2.33. The van der Waals surface area contributed by atoms with Gasteiger partial charge in [-0.05, 0) is 87.2 Å². The van der Waals surface area contributed by atoms with Crippen molar-refractivity contribution in [3.8, 4) is 5.75 Å². The molecular weight excluding hydrogens is 574 g/mol. The normalized spacial score (nSPS) is 12.7. The summed E-state index contributed by atoms with van der Waals surface area (Å²) in [7, 11) is -4.18. The number of carbonyl (C=O) groups excluding carboxylic acids is 2. The summed E-state index contributed by atoms with van der Waals surface area (Å²) < 4.78 is 34.5. The third-order valence-electron chi connectivity index (χ3n) is 6.99. The summed E-state index contributed by atoms with van der Waals surface area (Å²) in [6, 6.07) is 21.2. The quantitative estimate of drug-likeness (QED) is 0.237. The van der Waals surface area contributed by atoms with E-state index in [-0.39, 0.29) is 23.4 Å². The first-order chi connectivity index (χ1) is 20.1. The van der Waals surface area contributed by atoms with Crippen molar-refractivity contribution in [2.75, 3.05) is 24.0 Å². The fourth-order valence-electron chi connectivity index (χ4n) is 4.47. The molecule has 0 bridgehead atoms. The highest BCUT2D eigenvalue weighted by Gasteiger charge is 2.33. The summed E-state index contributed by atoms with van der Waals surface area (Å²) in [4.78, 5) is 28.9. The van der Waals surface area contributed by atoms with Crippen LogP contribution >= 0.6 is 11.6 Å². The Labute approximate surface area is 254 Å². The summed E-state index contributed by atoms with van der Waals surface area (Å²) in [5.74, 6) is -0.168. The van der Waals surface area contributed by atoms with E-state index in [2.05, 4.69) is 5.32 Å². The number of nitrogens with zero attached hydrogens (tertiary/aromatic N) is 2. The first-order valence-corrected chi connectivity index (χ1v) is 16.1. The molecule has 3 rings (SSSR count). The fraction of sp³-hybridized carbons (Fsp3) is 0.375. The summed E-state index contributed by atoms with van der Waals surface area (Å²) in [6.07, 6.45) is 1.62. The molecule has 226 valence electrons. The Morgan fingerprint density at radius 2 is 1.55 bits per heavy atom. The van der Waals surface area contributed by atoms with Crippen LogP contribution in [0.2, 0.25) is 5.02 Å². The van der Waals surface area contributed by atoms with Crippen molar-refractivity contribution in [2.24, 2.45) is 0 Å². The Bertz CT molecular complexity index is 1400. The van der Waals surface area contributed by atoms with Crippen molar-refractivity contribution in [2.45, 2.75) is 63.9 Å². The second kappa shape index (κ2) is 15.6. The van der Waals surface area contributed by atoms with Crippen LogP contribution in [0, 0.1) is 0 Å². The first kappa shape index (κ1) is 32.9. The van der Waals surface area contributed by atoms with Crippen molar-refractivity contribution >= 4 is 39.1 Å². The molecule has 42 heavy (non-hydrogen) atoms. The molecule has 0 saturated heterocycles. The van der Waals surface area contributed by atoms with E-state index in [1.54, 1.807) is 24.3 Å². The molecule has 2 atom stereocenters. The Morgan fingerprint density at radius 1 is 0.905 bits per heavy atom. The van der Waals surface area contributed by atoms with Crippen LogP contribution in [0.5, 0.6) is 5.75 Å². The molecule has 0 aliphatic carbocycles. The minimum atomic E-state index is -4.18. The van der Waals surface area contributed by atoms with Gasteiger partial charge in [-0.25, -0.2) is 8.42 Å². The van der Waals surface area contributed by atoms with Crippen molar-refractivity contribution in [3.63, 3.8) is 0 Å². The number of benzene rings is 3. The molecular formula is C32H40ClN3O5S. The minimum Gasteiger partial charge on any atom is -0.494 e. The predicted octanol–water partition coefficient (Wildman–Crippen LogP) is 5.70. The number of halogens is 1. The number of anilines is 1. The van der Waals surface area contributed by atoms with Gasteiger partial charge < -0.3 is 15.0 Å². The highest BCUT2D eigenvalue weighted by Crippen LogP contribution is 2.27. The molecule has 0 aliphatic heterocycles. The van der Waals surface area contributed by atoms with E-state index in [1.165, 1.54) is 29.2 Å². The number of amides is 2. The summed E-state index contributed by atoms with van der Waals surface area (Å²) >= 11 is 6.02. The average Bonchev–Trinajstić information content (AvgIpc) is 2.99. The molecule has 0 radical (unpaired) electrons. The van der Waals surface area contributed by atoms with Gasteiger partial charge in [0.25, 0.3) is 10.0 Å². The van der Waals surface area contributed by atoms with Gasteiger partial charge in [-0.15, -0.1) is 0 Å². The molecule has 0 spiro atoms. The molecule has 3 aromatic rings. The number of nitrogens with one attached hydrogen (secondary N) is 1. The third kappa shape index (κ3) is 8.72. The highest BCUT2D eigenvalue weighted by molar-refractivity contribution is 7.92. The summed E-state index contributed by atoms with van der Waals surface area (Å²) in [6.45, 7) is 7.79. The maximum Gasteiger partial charge on any atom is 0.264 e. The van der Waals surface area contributed by atoms with Crippen molar-refractivity contribution in [1.82, 2.24) is 10.2 Å². The Morgan fingerprint density at radius 3 is 2.12 bits per heavy atom. The number of ether oxygens (including phenoxy) is 1. The molecule has 1 N–H and O–H groups in total. The van der Waals surface area contributed by atoms with Gasteiger partial charge in [0.05, 0.1) is 17.2 Å². The summed E-state index contributed by atoms with van der Waals surface area (Å²) in [5.41, 5.74) is 1.30. The van der Waals surface area contributed by atoms with E-state index in [0.717, 1.165) is 16.3 Å². The molecule has 3 aromatic carbocycles. The van der Waals surface area contributed by atoms with Crippen LogP contribution in [-0.2, 0) is 26.0 Å². The van der Waals surface area contributed by atoms with Gasteiger partial charge in [0.1, 0.15) is 18.3 Å². The number of hydrogen-bond donors (Lipinski definition) is 1. The van der Waals surface area contributed by atoms with Crippen LogP contribution in [0.4, 0.5) is 5.69 Å². The minimum absolute atomic E-state index is 0.00836. The van der Waals surface area contributed by atoms with Crippen LogP contribution in [-0.4, -0.2) is 56.9 Å². The lowest BCUT2D eigenvalue weighted by molar-refractivity contribution is -0.139. The van der Waals surface area contributed by atoms with Crippen LogP contribution in [0.15, 0.2) is 83.8 Å². The molecule has 0 aromatic heterocycles. The van der Waals surface area contributed by atoms with E-state index >= 15 is 0 Å². The van der Waals surface area contributed by atoms with E-state index in [1.807, 2.05) is 58.0 Å². The average molecular weight is 614 g/mol. The van der Waals surface area contributed by atoms with Gasteiger partial charge in [0.2, 0.25) is 11.8 Å². The zero-order valence-corrected chi connectivity index (χ0v) is 26.2. The predicted molar refractivity (Wildman–Crippen MR) is 167 cm³/mol. The third-order valence-corrected chi connectivity index (χ3v) is 9.03. The largest absolute Gasteiger partial charge is 0.494 e. The molecule has 10 heteroatoms. The SMILES string of the molecule is CCOc1ccc(N(CC(=O)N(CCc2ccccc2)C(CC)C(=O)NC(C)CC)S(=O)(=O)c2ccc(Cl)cc2)cc1. The lowest BCUT2D eigenvalue weighted by Crippen LogP contribution is -2.54. The van der Waals surface area contributed by atoms with Crippen LogP contribution in [0.25, 0.3) is 0 Å². The van der Waals surface area contributed by atoms with Crippen molar-refractivity contribution < 1.29 is 22.7 Å².